The minimum atomic E-state index is -0.263. The fourth-order valence-corrected chi connectivity index (χ4v) is 3.39. The van der Waals surface area contributed by atoms with E-state index in [2.05, 4.69) is 5.10 Å². The summed E-state index contributed by atoms with van der Waals surface area (Å²) < 4.78 is 8.54. The number of aromatic nitrogens is 3. The van der Waals surface area contributed by atoms with Crippen LogP contribution in [0.1, 0.15) is 16.7 Å². The lowest BCUT2D eigenvalue weighted by Crippen LogP contribution is -2.22. The number of nitrogens with zero attached hydrogens (tertiary/aromatic N) is 3. The number of aliphatic hydroxyl groups is 1. The van der Waals surface area contributed by atoms with E-state index < -0.39 is 0 Å². The van der Waals surface area contributed by atoms with Crippen molar-refractivity contribution in [3.8, 4) is 17.0 Å². The topological polar surface area (TPSA) is 68.8 Å². The van der Waals surface area contributed by atoms with Crippen LogP contribution < -0.4 is 10.3 Å². The zero-order chi connectivity index (χ0) is 19.7. The van der Waals surface area contributed by atoms with Crippen LogP contribution in [0, 0.1) is 6.92 Å². The number of hydrogen-bond donors (Lipinski definition) is 1. The van der Waals surface area contributed by atoms with Gasteiger partial charge in [0.05, 0.1) is 26.0 Å². The molecule has 0 aliphatic rings. The predicted octanol–water partition coefficient (Wildman–Crippen LogP) is 3.02. The Morgan fingerprint density at radius 3 is 2.54 bits per heavy atom. The van der Waals surface area contributed by atoms with Gasteiger partial charge in [0.1, 0.15) is 11.3 Å². The molecule has 2 aromatic carbocycles. The highest BCUT2D eigenvalue weighted by Gasteiger charge is 2.18. The van der Waals surface area contributed by atoms with Gasteiger partial charge >= 0.3 is 0 Å². The fourth-order valence-electron chi connectivity index (χ4n) is 3.39. The molecule has 28 heavy (non-hydrogen) atoms. The van der Waals surface area contributed by atoms with Gasteiger partial charge < -0.3 is 14.4 Å². The maximum atomic E-state index is 13.2. The largest absolute Gasteiger partial charge is 0.496 e. The van der Waals surface area contributed by atoms with Gasteiger partial charge in [0, 0.05) is 29.1 Å². The first kappa shape index (κ1) is 18.0. The normalized spacial score (nSPS) is 11.1. The highest BCUT2D eigenvalue weighted by molar-refractivity contribution is 5.72. The Balaban J connectivity index is 1.85. The summed E-state index contributed by atoms with van der Waals surface area (Å²) in [6.07, 6.45) is 3.44. The molecule has 142 valence electrons. The number of rotatable bonds is 5. The second kappa shape index (κ2) is 7.32. The van der Waals surface area contributed by atoms with Gasteiger partial charge in [0.15, 0.2) is 0 Å². The molecular formula is C22H21N3O3. The SMILES string of the molecule is COc1ccccc1Cn1ccn2nc(-c3ccc(C)cc3)c(CO)c2c1=O. The van der Waals surface area contributed by atoms with Crippen LogP contribution in [0.3, 0.4) is 0 Å². The number of para-hydroxylation sites is 1. The number of aliphatic hydroxyl groups excluding tert-OH is 1. The van der Waals surface area contributed by atoms with Crippen LogP contribution in [0.15, 0.2) is 65.7 Å². The van der Waals surface area contributed by atoms with Crippen molar-refractivity contribution in [1.82, 2.24) is 14.2 Å². The average Bonchev–Trinajstić information content (AvgIpc) is 3.10. The molecule has 6 nitrogen and oxygen atoms in total. The Morgan fingerprint density at radius 2 is 1.82 bits per heavy atom. The van der Waals surface area contributed by atoms with Crippen molar-refractivity contribution in [1.29, 1.82) is 0 Å². The molecule has 0 atom stereocenters. The number of aryl methyl sites for hydroxylation is 1. The highest BCUT2D eigenvalue weighted by atomic mass is 16.5. The summed E-state index contributed by atoms with van der Waals surface area (Å²) in [5.41, 5.74) is 4.24. The molecule has 0 unspecified atom stereocenters. The van der Waals surface area contributed by atoms with Crippen molar-refractivity contribution >= 4 is 5.52 Å². The van der Waals surface area contributed by atoms with Gasteiger partial charge in [0.25, 0.3) is 5.56 Å². The van der Waals surface area contributed by atoms with Gasteiger partial charge in [0.2, 0.25) is 0 Å². The molecule has 4 rings (SSSR count). The van der Waals surface area contributed by atoms with Gasteiger partial charge in [-0.25, -0.2) is 4.52 Å². The van der Waals surface area contributed by atoms with Crippen molar-refractivity contribution < 1.29 is 9.84 Å². The molecular weight excluding hydrogens is 354 g/mol. The summed E-state index contributed by atoms with van der Waals surface area (Å²) in [5, 5.41) is 14.5. The zero-order valence-electron chi connectivity index (χ0n) is 15.8. The van der Waals surface area contributed by atoms with Crippen molar-refractivity contribution in [2.75, 3.05) is 7.11 Å². The quantitative estimate of drug-likeness (QED) is 0.582. The predicted molar refractivity (Wildman–Crippen MR) is 108 cm³/mol. The number of fused-ring (bicyclic) bond motifs is 1. The molecule has 0 spiro atoms. The molecule has 2 heterocycles. The van der Waals surface area contributed by atoms with Crippen LogP contribution in [0.5, 0.6) is 5.75 Å². The highest BCUT2D eigenvalue weighted by Crippen LogP contribution is 2.25. The van der Waals surface area contributed by atoms with E-state index in [0.717, 1.165) is 22.4 Å². The molecule has 0 aliphatic carbocycles. The van der Waals surface area contributed by atoms with Crippen LogP contribution >= 0.6 is 0 Å². The van der Waals surface area contributed by atoms with Gasteiger partial charge in [-0.1, -0.05) is 48.0 Å². The van der Waals surface area contributed by atoms with E-state index in [0.29, 0.717) is 23.3 Å². The molecule has 1 N–H and O–H groups in total. The van der Waals surface area contributed by atoms with Crippen LogP contribution in [-0.2, 0) is 13.2 Å². The summed E-state index contributed by atoms with van der Waals surface area (Å²) >= 11 is 0. The van der Waals surface area contributed by atoms with Crippen molar-refractivity contribution in [3.05, 3.63) is 88.0 Å². The molecule has 2 aromatic heterocycles. The van der Waals surface area contributed by atoms with E-state index in [9.17, 15) is 9.90 Å². The van der Waals surface area contributed by atoms with E-state index >= 15 is 0 Å². The Bertz CT molecular complexity index is 1190. The molecule has 0 amide bonds. The Morgan fingerprint density at radius 1 is 1.07 bits per heavy atom. The second-order valence-corrected chi connectivity index (χ2v) is 6.69. The van der Waals surface area contributed by atoms with Gasteiger partial charge in [-0.05, 0) is 13.0 Å². The number of ether oxygens (including phenoxy) is 1. The van der Waals surface area contributed by atoms with E-state index in [-0.39, 0.29) is 12.2 Å². The summed E-state index contributed by atoms with van der Waals surface area (Å²) in [6, 6.07) is 15.5. The third-order valence-corrected chi connectivity index (χ3v) is 4.88. The van der Waals surface area contributed by atoms with E-state index in [1.165, 1.54) is 0 Å². The van der Waals surface area contributed by atoms with Crippen molar-refractivity contribution in [2.24, 2.45) is 0 Å². The zero-order valence-corrected chi connectivity index (χ0v) is 15.8. The Labute approximate surface area is 162 Å². The maximum Gasteiger partial charge on any atom is 0.277 e. The Hall–Kier alpha value is -3.38. The van der Waals surface area contributed by atoms with Gasteiger partial charge in [-0.3, -0.25) is 4.79 Å². The molecule has 4 aromatic rings. The molecule has 0 aliphatic heterocycles. The average molecular weight is 375 g/mol. The van der Waals surface area contributed by atoms with Crippen LogP contribution in [0.4, 0.5) is 0 Å². The van der Waals surface area contributed by atoms with E-state index in [1.54, 1.807) is 28.6 Å². The molecule has 6 heteroatoms. The molecule has 0 bridgehead atoms. The minimum Gasteiger partial charge on any atom is -0.496 e. The third kappa shape index (κ3) is 3.08. The minimum absolute atomic E-state index is 0.205. The van der Waals surface area contributed by atoms with Crippen LogP contribution in [-0.4, -0.2) is 26.4 Å². The van der Waals surface area contributed by atoms with E-state index in [1.807, 2.05) is 55.5 Å². The van der Waals surface area contributed by atoms with Crippen molar-refractivity contribution in [3.63, 3.8) is 0 Å². The molecule has 0 saturated heterocycles. The first-order valence-electron chi connectivity index (χ1n) is 9.03. The summed E-state index contributed by atoms with van der Waals surface area (Å²) in [7, 11) is 1.61. The van der Waals surface area contributed by atoms with Gasteiger partial charge in [-0.15, -0.1) is 0 Å². The standard InChI is InChI=1S/C22H21N3O3/c1-15-7-9-16(10-8-15)20-18(14-26)21-22(27)24(11-12-25(21)23-20)13-17-5-3-4-6-19(17)28-2/h3-12,26H,13-14H2,1-2H3. The lowest BCUT2D eigenvalue weighted by atomic mass is 10.1. The summed E-state index contributed by atoms with van der Waals surface area (Å²) in [6.45, 7) is 2.12. The van der Waals surface area contributed by atoms with Crippen LogP contribution in [0.2, 0.25) is 0 Å². The second-order valence-electron chi connectivity index (χ2n) is 6.69. The molecule has 0 radical (unpaired) electrons. The Kier molecular flexibility index (Phi) is 4.71. The molecule has 0 saturated carbocycles. The monoisotopic (exact) mass is 375 g/mol. The number of hydrogen-bond acceptors (Lipinski definition) is 4. The summed E-state index contributed by atoms with van der Waals surface area (Å²) in [4.78, 5) is 13.2. The lowest BCUT2D eigenvalue weighted by molar-refractivity contribution is 0.283. The smallest absolute Gasteiger partial charge is 0.277 e. The first-order valence-corrected chi connectivity index (χ1v) is 9.03. The first-order chi connectivity index (χ1) is 13.6. The van der Waals surface area contributed by atoms with E-state index in [4.69, 9.17) is 4.74 Å². The fraction of sp³-hybridized carbons (Fsp3) is 0.182. The van der Waals surface area contributed by atoms with Crippen molar-refractivity contribution in [2.45, 2.75) is 20.1 Å². The van der Waals surface area contributed by atoms with Gasteiger partial charge in [-0.2, -0.15) is 5.10 Å². The maximum absolute atomic E-state index is 13.2. The lowest BCUT2D eigenvalue weighted by Gasteiger charge is -2.10. The third-order valence-electron chi connectivity index (χ3n) is 4.88. The number of benzene rings is 2. The summed E-state index contributed by atoms with van der Waals surface area (Å²) in [5.74, 6) is 0.727. The molecule has 0 fully saturated rings. The van der Waals surface area contributed by atoms with Crippen LogP contribution in [0.25, 0.3) is 16.8 Å². The number of methoxy groups -OCH3 is 1.